The zero-order valence-corrected chi connectivity index (χ0v) is 13.2. The Morgan fingerprint density at radius 3 is 2.19 bits per heavy atom. The van der Waals surface area contributed by atoms with E-state index < -0.39 is 24.1 Å². The van der Waals surface area contributed by atoms with Gasteiger partial charge in [0.25, 0.3) is 0 Å². The fraction of sp³-hybridized carbons (Fsp3) is 0.933. The van der Waals surface area contributed by atoms with Gasteiger partial charge in [-0.15, -0.1) is 0 Å². The highest BCUT2D eigenvalue weighted by molar-refractivity contribution is 5.73. The molecule has 0 aromatic heterocycles. The van der Waals surface area contributed by atoms with E-state index in [9.17, 15) is 18.0 Å². The molecular weight excluding hydrogens is 283 g/mol. The van der Waals surface area contributed by atoms with Gasteiger partial charge in [0, 0.05) is 0 Å². The highest BCUT2D eigenvalue weighted by Crippen LogP contribution is 2.28. The van der Waals surface area contributed by atoms with Crippen LogP contribution in [0.25, 0.3) is 0 Å². The minimum atomic E-state index is -4.58. The molecule has 0 saturated carbocycles. The van der Waals surface area contributed by atoms with Crippen LogP contribution in [0.5, 0.6) is 0 Å². The molecule has 3 nitrogen and oxygen atoms in total. The Morgan fingerprint density at radius 2 is 1.71 bits per heavy atom. The number of hydrogen-bond donors (Lipinski definition) is 1. The summed E-state index contributed by atoms with van der Waals surface area (Å²) >= 11 is 0. The van der Waals surface area contributed by atoms with Crippen molar-refractivity contribution in [3.8, 4) is 0 Å². The van der Waals surface area contributed by atoms with Gasteiger partial charge < -0.3 is 10.5 Å². The first-order valence-corrected chi connectivity index (χ1v) is 7.76. The molecule has 0 saturated heterocycles. The molecule has 2 N–H and O–H groups in total. The second kappa shape index (κ2) is 10.0. The van der Waals surface area contributed by atoms with Crippen LogP contribution in [0.1, 0.15) is 65.7 Å². The Labute approximate surface area is 125 Å². The van der Waals surface area contributed by atoms with Gasteiger partial charge in [0.1, 0.15) is 6.04 Å². The second-order valence-electron chi connectivity index (χ2n) is 5.53. The smallest absolute Gasteiger partial charge is 0.404 e. The van der Waals surface area contributed by atoms with Crippen molar-refractivity contribution in [2.24, 2.45) is 11.7 Å². The average Bonchev–Trinajstić information content (AvgIpc) is 2.40. The van der Waals surface area contributed by atoms with Gasteiger partial charge in [0.05, 0.1) is 12.0 Å². The molecule has 3 atom stereocenters. The maximum atomic E-state index is 12.8. The fourth-order valence-corrected chi connectivity index (χ4v) is 2.01. The molecule has 1 unspecified atom stereocenters. The first kappa shape index (κ1) is 20.2. The molecule has 0 bridgehead atoms. The largest absolute Gasteiger partial charge is 0.462 e. The van der Waals surface area contributed by atoms with Crippen LogP contribution in [0, 0.1) is 5.92 Å². The summed E-state index contributed by atoms with van der Waals surface area (Å²) in [6.45, 7) is 5.53. The molecule has 6 heteroatoms. The van der Waals surface area contributed by atoms with Crippen molar-refractivity contribution in [1.82, 2.24) is 0 Å². The minimum Gasteiger partial charge on any atom is -0.462 e. The molecule has 0 rings (SSSR count). The van der Waals surface area contributed by atoms with Crippen molar-refractivity contribution in [2.75, 3.05) is 0 Å². The summed E-state index contributed by atoms with van der Waals surface area (Å²) in [6.07, 6.45) is 0.161. The summed E-state index contributed by atoms with van der Waals surface area (Å²) in [5.41, 5.74) is 5.23. The van der Waals surface area contributed by atoms with Gasteiger partial charge in [0.15, 0.2) is 0 Å². The van der Waals surface area contributed by atoms with E-state index in [1.54, 1.807) is 13.8 Å². The van der Waals surface area contributed by atoms with E-state index >= 15 is 0 Å². The first-order valence-electron chi connectivity index (χ1n) is 7.76. The number of ether oxygens (including phenoxy) is 1. The summed E-state index contributed by atoms with van der Waals surface area (Å²) in [7, 11) is 0. The lowest BCUT2D eigenvalue weighted by Crippen LogP contribution is -2.47. The van der Waals surface area contributed by atoms with Gasteiger partial charge >= 0.3 is 12.1 Å². The van der Waals surface area contributed by atoms with Crippen molar-refractivity contribution in [2.45, 2.75) is 84.0 Å². The Morgan fingerprint density at radius 1 is 1.14 bits per heavy atom. The van der Waals surface area contributed by atoms with E-state index in [4.69, 9.17) is 10.5 Å². The lowest BCUT2D eigenvalue weighted by atomic mass is 9.93. The lowest BCUT2D eigenvalue weighted by Gasteiger charge is -2.25. The van der Waals surface area contributed by atoms with E-state index in [0.717, 1.165) is 25.7 Å². The first-order chi connectivity index (χ1) is 9.73. The van der Waals surface area contributed by atoms with Gasteiger partial charge in [-0.05, 0) is 19.8 Å². The van der Waals surface area contributed by atoms with Gasteiger partial charge in [0.2, 0.25) is 0 Å². The van der Waals surface area contributed by atoms with Crippen LogP contribution in [0.4, 0.5) is 13.2 Å². The third-order valence-corrected chi connectivity index (χ3v) is 3.63. The summed E-state index contributed by atoms with van der Waals surface area (Å²) < 4.78 is 43.4. The van der Waals surface area contributed by atoms with Crippen molar-refractivity contribution in [3.63, 3.8) is 0 Å². The van der Waals surface area contributed by atoms with Crippen molar-refractivity contribution >= 4 is 5.97 Å². The normalized spacial score (nSPS) is 16.3. The standard InChI is InChI=1S/C15H28F3NO2/c1-4-6-7-8-9-10-12(13(19)15(16,17)18)14(20)21-11(3)5-2/h11-13H,4-10,19H2,1-3H3/t11?,12-,13-/m0/s1. The number of carbonyl (C=O) groups excluding carboxylic acids is 1. The van der Waals surface area contributed by atoms with E-state index in [1.165, 1.54) is 0 Å². The van der Waals surface area contributed by atoms with Crippen LogP contribution < -0.4 is 5.73 Å². The van der Waals surface area contributed by atoms with Crippen LogP contribution in [0.3, 0.4) is 0 Å². The highest BCUT2D eigenvalue weighted by Gasteiger charge is 2.45. The zero-order valence-electron chi connectivity index (χ0n) is 13.2. The number of nitrogens with two attached hydrogens (primary N) is 1. The second-order valence-corrected chi connectivity index (χ2v) is 5.53. The van der Waals surface area contributed by atoms with Crippen LogP contribution in [-0.2, 0) is 9.53 Å². The van der Waals surface area contributed by atoms with Gasteiger partial charge in [-0.3, -0.25) is 4.79 Å². The maximum Gasteiger partial charge on any atom is 0.404 e. The van der Waals surface area contributed by atoms with Crippen LogP contribution >= 0.6 is 0 Å². The Balaban J connectivity index is 4.58. The number of unbranched alkanes of at least 4 members (excludes halogenated alkanes) is 4. The summed E-state index contributed by atoms with van der Waals surface area (Å²) in [6, 6.07) is -2.15. The minimum absolute atomic E-state index is 0.125. The Kier molecular flexibility index (Phi) is 9.66. The highest BCUT2D eigenvalue weighted by atomic mass is 19.4. The molecule has 0 aliphatic heterocycles. The van der Waals surface area contributed by atoms with Crippen LogP contribution in [-0.4, -0.2) is 24.3 Å². The van der Waals surface area contributed by atoms with Gasteiger partial charge in [-0.2, -0.15) is 13.2 Å². The SMILES string of the molecule is CCCCCCC[C@H](C(=O)OC(C)CC)[C@H](N)C(F)(F)F. The van der Waals surface area contributed by atoms with Crippen molar-refractivity contribution in [1.29, 1.82) is 0 Å². The van der Waals surface area contributed by atoms with Gasteiger partial charge in [-0.1, -0.05) is 46.0 Å². The molecule has 21 heavy (non-hydrogen) atoms. The van der Waals surface area contributed by atoms with Crippen molar-refractivity contribution in [3.05, 3.63) is 0 Å². The quantitative estimate of drug-likeness (QED) is 0.486. The number of hydrogen-bond acceptors (Lipinski definition) is 3. The topological polar surface area (TPSA) is 52.3 Å². The van der Waals surface area contributed by atoms with Gasteiger partial charge in [-0.25, -0.2) is 0 Å². The Bertz CT molecular complexity index is 295. The molecule has 0 aromatic carbocycles. The molecule has 0 aliphatic carbocycles. The predicted octanol–water partition coefficient (Wildman–Crippen LogP) is 4.19. The third kappa shape index (κ3) is 8.29. The molecule has 0 aliphatic rings. The van der Waals surface area contributed by atoms with E-state index in [1.807, 2.05) is 0 Å². The number of alkyl halides is 3. The molecule has 0 fully saturated rings. The lowest BCUT2D eigenvalue weighted by molar-refractivity contribution is -0.179. The molecule has 0 spiro atoms. The molecule has 0 amide bonds. The summed E-state index contributed by atoms with van der Waals surface area (Å²) in [5, 5.41) is 0. The molecule has 0 radical (unpaired) electrons. The van der Waals surface area contributed by atoms with E-state index in [2.05, 4.69) is 6.92 Å². The fourth-order valence-electron chi connectivity index (χ4n) is 2.01. The number of rotatable bonds is 10. The van der Waals surface area contributed by atoms with Crippen LogP contribution in [0.15, 0.2) is 0 Å². The summed E-state index contributed by atoms with van der Waals surface area (Å²) in [5.74, 6) is -2.13. The van der Waals surface area contributed by atoms with E-state index in [0.29, 0.717) is 12.8 Å². The molecular formula is C15H28F3NO2. The molecule has 126 valence electrons. The number of esters is 1. The monoisotopic (exact) mass is 311 g/mol. The molecule has 0 heterocycles. The summed E-state index contributed by atoms with van der Waals surface area (Å²) in [4.78, 5) is 11.9. The predicted molar refractivity (Wildman–Crippen MR) is 76.7 cm³/mol. The maximum absolute atomic E-state index is 12.8. The zero-order chi connectivity index (χ0) is 16.5. The van der Waals surface area contributed by atoms with Crippen LogP contribution in [0.2, 0.25) is 0 Å². The number of carbonyl (C=O) groups is 1. The number of halogens is 3. The average molecular weight is 311 g/mol. The molecule has 0 aromatic rings. The van der Waals surface area contributed by atoms with E-state index in [-0.39, 0.29) is 12.5 Å². The van der Waals surface area contributed by atoms with Crippen molar-refractivity contribution < 1.29 is 22.7 Å². The third-order valence-electron chi connectivity index (χ3n) is 3.63. The Hall–Kier alpha value is -0.780.